The second kappa shape index (κ2) is 10.1. The minimum Gasteiger partial charge on any atom is -0.459 e. The summed E-state index contributed by atoms with van der Waals surface area (Å²) in [5.74, 6) is -0.297. The van der Waals surface area contributed by atoms with Crippen LogP contribution in [0.1, 0.15) is 26.3 Å². The van der Waals surface area contributed by atoms with Crippen LogP contribution >= 0.6 is 23.2 Å². The first-order valence-electron chi connectivity index (χ1n) is 12.2. The molecule has 0 bridgehead atoms. The van der Waals surface area contributed by atoms with Gasteiger partial charge in [0.25, 0.3) is 0 Å². The molecule has 0 aliphatic heterocycles. The normalized spacial score (nSPS) is 11.7. The van der Waals surface area contributed by atoms with Gasteiger partial charge in [0, 0.05) is 39.2 Å². The quantitative estimate of drug-likeness (QED) is 0.206. The van der Waals surface area contributed by atoms with Gasteiger partial charge in [-0.2, -0.15) is 0 Å². The fraction of sp³-hybridized carbons (Fsp3) is 0.194. The van der Waals surface area contributed by atoms with Crippen molar-refractivity contribution in [1.29, 1.82) is 0 Å². The smallest absolute Gasteiger partial charge is 0.326 e. The molecule has 0 aliphatic carbocycles. The first-order chi connectivity index (χ1) is 17.7. The summed E-state index contributed by atoms with van der Waals surface area (Å²) in [7, 11) is 0. The molecule has 0 unspecified atom stereocenters. The van der Waals surface area contributed by atoms with Crippen LogP contribution in [0.3, 0.4) is 0 Å². The van der Waals surface area contributed by atoms with Crippen LogP contribution in [0, 0.1) is 0 Å². The number of carbonyl (C=O) groups excluding carboxylic acids is 1. The van der Waals surface area contributed by atoms with E-state index in [0.717, 1.165) is 27.8 Å². The number of esters is 1. The maximum atomic E-state index is 12.8. The average molecular weight is 531 g/mol. The minimum absolute atomic E-state index is 0.0942. The monoisotopic (exact) mass is 530 g/mol. The molecule has 1 aromatic heterocycles. The number of carbonyl (C=O) groups is 1. The number of nitrogens with zero attached hydrogens (tertiary/aromatic N) is 2. The van der Waals surface area contributed by atoms with Gasteiger partial charge in [-0.15, -0.1) is 0 Å². The molecule has 0 spiro atoms. The molecule has 0 saturated carbocycles. The second-order valence-corrected chi connectivity index (χ2v) is 11.0. The van der Waals surface area contributed by atoms with Crippen molar-refractivity contribution in [3.63, 3.8) is 0 Å². The Hall–Kier alpha value is -3.47. The van der Waals surface area contributed by atoms with Crippen LogP contribution in [0.4, 0.5) is 5.69 Å². The molecule has 0 saturated heterocycles. The van der Waals surface area contributed by atoms with Gasteiger partial charge in [0.1, 0.15) is 12.1 Å². The number of rotatable bonds is 6. The van der Waals surface area contributed by atoms with Crippen molar-refractivity contribution in [1.82, 2.24) is 4.57 Å². The predicted octanol–water partition coefficient (Wildman–Crippen LogP) is 8.44. The van der Waals surface area contributed by atoms with Crippen molar-refractivity contribution in [2.75, 3.05) is 11.4 Å². The topological polar surface area (TPSA) is 34.5 Å². The van der Waals surface area contributed by atoms with Gasteiger partial charge in [0.05, 0.1) is 11.2 Å². The van der Waals surface area contributed by atoms with Crippen molar-refractivity contribution in [3.05, 3.63) is 107 Å². The van der Waals surface area contributed by atoms with E-state index >= 15 is 0 Å². The van der Waals surface area contributed by atoms with Gasteiger partial charge >= 0.3 is 5.97 Å². The third-order valence-electron chi connectivity index (χ3n) is 6.10. The lowest BCUT2D eigenvalue weighted by Crippen LogP contribution is -2.34. The highest BCUT2D eigenvalue weighted by Crippen LogP contribution is 2.30. The van der Waals surface area contributed by atoms with Crippen LogP contribution in [0.15, 0.2) is 91.1 Å². The van der Waals surface area contributed by atoms with Crippen molar-refractivity contribution in [3.8, 4) is 5.69 Å². The van der Waals surface area contributed by atoms with Gasteiger partial charge < -0.3 is 14.2 Å². The number of fused-ring (bicyclic) bond motifs is 2. The number of benzene rings is 4. The van der Waals surface area contributed by atoms with Crippen LogP contribution in [0.2, 0.25) is 10.0 Å². The van der Waals surface area contributed by atoms with E-state index < -0.39 is 5.60 Å². The van der Waals surface area contributed by atoms with Crippen LogP contribution in [-0.2, 0) is 16.1 Å². The van der Waals surface area contributed by atoms with Crippen LogP contribution < -0.4 is 4.90 Å². The summed E-state index contributed by atoms with van der Waals surface area (Å²) in [5.41, 5.74) is 3.46. The average Bonchev–Trinajstić information content (AvgIpc) is 3.24. The van der Waals surface area contributed by atoms with Crippen LogP contribution in [0.5, 0.6) is 0 Å². The predicted molar refractivity (Wildman–Crippen MR) is 154 cm³/mol. The Labute approximate surface area is 227 Å². The minimum atomic E-state index is -0.568. The van der Waals surface area contributed by atoms with E-state index in [-0.39, 0.29) is 12.5 Å². The molecule has 0 atom stereocenters. The number of hydrogen-bond acceptors (Lipinski definition) is 3. The van der Waals surface area contributed by atoms with Gasteiger partial charge in [0.2, 0.25) is 0 Å². The van der Waals surface area contributed by atoms with Crippen molar-refractivity contribution >= 4 is 56.5 Å². The zero-order valence-electron chi connectivity index (χ0n) is 21.0. The molecule has 5 aromatic rings. The molecule has 0 aliphatic rings. The van der Waals surface area contributed by atoms with Crippen molar-refractivity contribution in [2.24, 2.45) is 0 Å². The molecule has 0 radical (unpaired) electrons. The third kappa shape index (κ3) is 5.76. The SMILES string of the molecule is CC(C)(C)OC(=O)CN(Cc1cc(Cl)cc(Cl)c1)c1ccc2c(ccn2-c2cccc3ccccc23)c1. The van der Waals surface area contributed by atoms with Crippen molar-refractivity contribution in [2.45, 2.75) is 32.9 Å². The van der Waals surface area contributed by atoms with Crippen molar-refractivity contribution < 1.29 is 9.53 Å². The maximum absolute atomic E-state index is 12.8. The van der Waals surface area contributed by atoms with Gasteiger partial charge in [-0.05, 0) is 80.3 Å². The first-order valence-corrected chi connectivity index (χ1v) is 12.9. The van der Waals surface area contributed by atoms with E-state index in [1.807, 2.05) is 43.9 Å². The summed E-state index contributed by atoms with van der Waals surface area (Å²) in [6.45, 7) is 6.15. The van der Waals surface area contributed by atoms with Gasteiger partial charge in [-0.3, -0.25) is 4.79 Å². The third-order valence-corrected chi connectivity index (χ3v) is 6.54. The molecule has 0 N–H and O–H groups in total. The lowest BCUT2D eigenvalue weighted by molar-refractivity contribution is -0.153. The van der Waals surface area contributed by atoms with E-state index in [2.05, 4.69) is 71.4 Å². The summed E-state index contributed by atoms with van der Waals surface area (Å²) in [6, 6.07) is 28.5. The van der Waals surface area contributed by atoms with E-state index in [1.165, 1.54) is 10.8 Å². The molecular formula is C31H28Cl2N2O2. The summed E-state index contributed by atoms with van der Waals surface area (Å²) < 4.78 is 7.83. The molecule has 188 valence electrons. The molecule has 4 aromatic carbocycles. The zero-order valence-corrected chi connectivity index (χ0v) is 22.6. The number of anilines is 1. The summed E-state index contributed by atoms with van der Waals surface area (Å²) >= 11 is 12.5. The summed E-state index contributed by atoms with van der Waals surface area (Å²) in [5, 5.41) is 4.58. The van der Waals surface area contributed by atoms with Gasteiger partial charge in [0.15, 0.2) is 0 Å². The fourth-order valence-corrected chi connectivity index (χ4v) is 5.22. The van der Waals surface area contributed by atoms with E-state index in [4.69, 9.17) is 27.9 Å². The Kier molecular flexibility index (Phi) is 6.89. The Morgan fingerprint density at radius 3 is 2.35 bits per heavy atom. The molecule has 4 nitrogen and oxygen atoms in total. The molecule has 6 heteroatoms. The van der Waals surface area contributed by atoms with Crippen LogP contribution in [0.25, 0.3) is 27.4 Å². The molecule has 1 heterocycles. The van der Waals surface area contributed by atoms with Gasteiger partial charge in [-0.25, -0.2) is 0 Å². The Morgan fingerprint density at radius 1 is 0.865 bits per heavy atom. The number of aromatic nitrogens is 1. The Balaban J connectivity index is 1.52. The second-order valence-electron chi connectivity index (χ2n) is 10.1. The Morgan fingerprint density at radius 2 is 1.59 bits per heavy atom. The number of ether oxygens (including phenoxy) is 1. The number of halogens is 2. The zero-order chi connectivity index (χ0) is 26.2. The lowest BCUT2D eigenvalue weighted by Gasteiger charge is -2.27. The lowest BCUT2D eigenvalue weighted by atomic mass is 10.1. The summed E-state index contributed by atoms with van der Waals surface area (Å²) in [4.78, 5) is 14.8. The van der Waals surface area contributed by atoms with Gasteiger partial charge in [-0.1, -0.05) is 59.6 Å². The fourth-order valence-electron chi connectivity index (χ4n) is 4.65. The highest BCUT2D eigenvalue weighted by atomic mass is 35.5. The first kappa shape index (κ1) is 25.2. The maximum Gasteiger partial charge on any atom is 0.326 e. The Bertz CT molecular complexity index is 1580. The van der Waals surface area contributed by atoms with E-state index in [1.54, 1.807) is 6.07 Å². The summed E-state index contributed by atoms with van der Waals surface area (Å²) in [6.07, 6.45) is 2.09. The molecule has 0 amide bonds. The highest BCUT2D eigenvalue weighted by molar-refractivity contribution is 6.34. The highest BCUT2D eigenvalue weighted by Gasteiger charge is 2.20. The van der Waals surface area contributed by atoms with E-state index in [9.17, 15) is 4.79 Å². The molecular weight excluding hydrogens is 503 g/mol. The standard InChI is InChI=1S/C31H28Cl2N2O2/c1-31(2,3)37-30(36)20-34(19-21-15-24(32)18-25(33)16-21)26-11-12-28-23(17-26)13-14-35(28)29-10-6-8-22-7-4-5-9-27(22)29/h4-18H,19-20H2,1-3H3. The molecule has 37 heavy (non-hydrogen) atoms. The molecule has 5 rings (SSSR count). The number of hydrogen-bond donors (Lipinski definition) is 0. The molecule has 0 fully saturated rings. The van der Waals surface area contributed by atoms with Crippen LogP contribution in [-0.4, -0.2) is 22.7 Å². The van der Waals surface area contributed by atoms with E-state index in [0.29, 0.717) is 16.6 Å². The largest absolute Gasteiger partial charge is 0.459 e.